The zero-order valence-electron chi connectivity index (χ0n) is 17.1. The van der Waals surface area contributed by atoms with Gasteiger partial charge in [-0.2, -0.15) is 0 Å². The molecule has 1 aromatic heterocycles. The maximum Gasteiger partial charge on any atom is 0.339 e. The molecule has 0 saturated heterocycles. The number of hydrogen-bond acceptors (Lipinski definition) is 6. The minimum absolute atomic E-state index is 0.218. The number of methoxy groups -OCH3 is 1. The summed E-state index contributed by atoms with van der Waals surface area (Å²) in [5, 5.41) is 1.01. The van der Waals surface area contributed by atoms with Crippen LogP contribution in [0.5, 0.6) is 5.75 Å². The minimum atomic E-state index is -0.373. The van der Waals surface area contributed by atoms with Gasteiger partial charge in [-0.3, -0.25) is 0 Å². The summed E-state index contributed by atoms with van der Waals surface area (Å²) < 4.78 is 16.8. The Labute approximate surface area is 174 Å². The number of para-hydroxylation sites is 1. The van der Waals surface area contributed by atoms with Crippen LogP contribution in [0.25, 0.3) is 11.0 Å². The quantitative estimate of drug-likeness (QED) is 0.472. The molecule has 2 aromatic carbocycles. The van der Waals surface area contributed by atoms with E-state index in [9.17, 15) is 9.59 Å². The molecule has 6 nitrogen and oxygen atoms in total. The first kappa shape index (κ1) is 18.7. The van der Waals surface area contributed by atoms with Crippen molar-refractivity contribution in [2.24, 2.45) is 0 Å². The Bertz CT molecular complexity index is 1230. The van der Waals surface area contributed by atoms with Crippen LogP contribution in [0.2, 0.25) is 0 Å². The SMILES string of the molecule is COC(=O)c1ccccc1N1COc2c(cc3c4c(c(=O)oc3c2C)CCCC4)C1. The van der Waals surface area contributed by atoms with Crippen LogP contribution in [0.4, 0.5) is 5.69 Å². The van der Waals surface area contributed by atoms with Gasteiger partial charge in [-0.05, 0) is 56.4 Å². The van der Waals surface area contributed by atoms with Crippen LogP contribution in [-0.4, -0.2) is 19.8 Å². The molecule has 0 saturated carbocycles. The number of nitrogens with zero attached hydrogens (tertiary/aromatic N) is 1. The monoisotopic (exact) mass is 405 g/mol. The molecule has 0 radical (unpaired) electrons. The van der Waals surface area contributed by atoms with Gasteiger partial charge < -0.3 is 18.8 Å². The van der Waals surface area contributed by atoms with Crippen molar-refractivity contribution in [3.05, 3.63) is 68.6 Å². The van der Waals surface area contributed by atoms with Crippen molar-refractivity contribution in [1.29, 1.82) is 0 Å². The fourth-order valence-corrected chi connectivity index (χ4v) is 4.69. The molecule has 3 aromatic rings. The molecular formula is C24H23NO5. The summed E-state index contributed by atoms with van der Waals surface area (Å²) in [4.78, 5) is 26.7. The lowest BCUT2D eigenvalue weighted by molar-refractivity contribution is 0.0601. The summed E-state index contributed by atoms with van der Waals surface area (Å²) in [5.41, 5.74) is 5.50. The molecule has 5 rings (SSSR count). The van der Waals surface area contributed by atoms with Gasteiger partial charge in [0.1, 0.15) is 11.3 Å². The molecule has 30 heavy (non-hydrogen) atoms. The Morgan fingerprint density at radius 1 is 1.13 bits per heavy atom. The van der Waals surface area contributed by atoms with E-state index in [-0.39, 0.29) is 11.6 Å². The second-order valence-electron chi connectivity index (χ2n) is 7.90. The van der Waals surface area contributed by atoms with E-state index in [4.69, 9.17) is 13.9 Å². The standard InChI is InChI=1S/C24H23NO5/c1-14-21-15(11-19-16-7-3-4-8-17(16)24(27)30-22(14)19)12-25(13-29-21)20-10-6-5-9-18(20)23(26)28-2/h5-6,9-11H,3-4,7-8,12-13H2,1-2H3. The van der Waals surface area contributed by atoms with E-state index in [2.05, 4.69) is 6.07 Å². The van der Waals surface area contributed by atoms with E-state index in [0.717, 1.165) is 64.8 Å². The Morgan fingerprint density at radius 3 is 2.70 bits per heavy atom. The number of ether oxygens (including phenoxy) is 2. The Hall–Kier alpha value is -3.28. The maximum absolute atomic E-state index is 12.5. The highest BCUT2D eigenvalue weighted by atomic mass is 16.5. The third-order valence-corrected chi connectivity index (χ3v) is 6.15. The van der Waals surface area contributed by atoms with Gasteiger partial charge in [-0.25, -0.2) is 9.59 Å². The van der Waals surface area contributed by atoms with E-state index >= 15 is 0 Å². The van der Waals surface area contributed by atoms with Crippen LogP contribution in [-0.2, 0) is 24.1 Å². The highest BCUT2D eigenvalue weighted by molar-refractivity contribution is 5.96. The number of anilines is 1. The largest absolute Gasteiger partial charge is 0.472 e. The fraction of sp³-hybridized carbons (Fsp3) is 0.333. The summed E-state index contributed by atoms with van der Waals surface area (Å²) in [6.45, 7) is 2.83. The number of fused-ring (bicyclic) bond motifs is 4. The number of benzene rings is 2. The lowest BCUT2D eigenvalue weighted by Crippen LogP contribution is -2.33. The molecule has 154 valence electrons. The number of esters is 1. The van der Waals surface area contributed by atoms with E-state index < -0.39 is 0 Å². The summed E-state index contributed by atoms with van der Waals surface area (Å²) in [7, 11) is 1.38. The van der Waals surface area contributed by atoms with Crippen LogP contribution in [0.1, 0.15) is 45.5 Å². The lowest BCUT2D eigenvalue weighted by Gasteiger charge is -2.33. The van der Waals surface area contributed by atoms with Gasteiger partial charge in [0.05, 0.1) is 18.4 Å². The molecule has 1 aliphatic carbocycles. The van der Waals surface area contributed by atoms with Crippen molar-refractivity contribution in [2.75, 3.05) is 18.7 Å². The van der Waals surface area contributed by atoms with Crippen LogP contribution < -0.4 is 15.3 Å². The molecule has 6 heteroatoms. The van der Waals surface area contributed by atoms with Gasteiger partial charge in [-0.1, -0.05) is 12.1 Å². The van der Waals surface area contributed by atoms with Crippen molar-refractivity contribution >= 4 is 22.6 Å². The zero-order valence-corrected chi connectivity index (χ0v) is 17.1. The van der Waals surface area contributed by atoms with Gasteiger partial charge in [0.15, 0.2) is 6.73 Å². The topological polar surface area (TPSA) is 69.0 Å². The van der Waals surface area contributed by atoms with Crippen LogP contribution >= 0.6 is 0 Å². The highest BCUT2D eigenvalue weighted by Gasteiger charge is 2.27. The maximum atomic E-state index is 12.5. The first-order chi connectivity index (χ1) is 14.6. The van der Waals surface area contributed by atoms with Crippen molar-refractivity contribution < 1.29 is 18.7 Å². The van der Waals surface area contributed by atoms with Gasteiger partial charge in [0.2, 0.25) is 0 Å². The average Bonchev–Trinajstić information content (AvgIpc) is 2.79. The first-order valence-corrected chi connectivity index (χ1v) is 10.2. The fourth-order valence-electron chi connectivity index (χ4n) is 4.69. The lowest BCUT2D eigenvalue weighted by atomic mass is 9.89. The molecule has 1 aliphatic heterocycles. The van der Waals surface area contributed by atoms with E-state index in [1.54, 1.807) is 6.07 Å². The Kier molecular flexibility index (Phi) is 4.50. The highest BCUT2D eigenvalue weighted by Crippen LogP contribution is 2.39. The number of aryl methyl sites for hydroxylation is 2. The Morgan fingerprint density at radius 2 is 1.90 bits per heavy atom. The third-order valence-electron chi connectivity index (χ3n) is 6.15. The molecule has 0 spiro atoms. The molecular weight excluding hydrogens is 382 g/mol. The molecule has 0 unspecified atom stereocenters. The summed E-state index contributed by atoms with van der Waals surface area (Å²) in [6.07, 6.45) is 3.77. The van der Waals surface area contributed by atoms with Gasteiger partial charge in [-0.15, -0.1) is 0 Å². The van der Waals surface area contributed by atoms with Crippen molar-refractivity contribution in [1.82, 2.24) is 0 Å². The molecule has 0 N–H and O–H groups in total. The predicted molar refractivity (Wildman–Crippen MR) is 113 cm³/mol. The normalized spacial score (nSPS) is 15.3. The molecule has 0 bridgehead atoms. The smallest absolute Gasteiger partial charge is 0.339 e. The van der Waals surface area contributed by atoms with E-state index in [0.29, 0.717) is 24.4 Å². The van der Waals surface area contributed by atoms with Crippen LogP contribution in [0, 0.1) is 6.92 Å². The third kappa shape index (κ3) is 2.86. The zero-order chi connectivity index (χ0) is 20.8. The predicted octanol–water partition coefficient (Wildman–Crippen LogP) is 4.12. The molecule has 2 aliphatic rings. The summed E-state index contributed by atoms with van der Waals surface area (Å²) in [6, 6.07) is 9.47. The summed E-state index contributed by atoms with van der Waals surface area (Å²) in [5.74, 6) is 0.384. The van der Waals surface area contributed by atoms with Gasteiger partial charge in [0, 0.05) is 28.6 Å². The molecule has 0 fully saturated rings. The summed E-state index contributed by atoms with van der Waals surface area (Å²) >= 11 is 0. The molecule has 2 heterocycles. The minimum Gasteiger partial charge on any atom is -0.472 e. The first-order valence-electron chi connectivity index (χ1n) is 10.2. The van der Waals surface area contributed by atoms with E-state index in [1.165, 1.54) is 7.11 Å². The van der Waals surface area contributed by atoms with Crippen LogP contribution in [0.3, 0.4) is 0 Å². The molecule has 0 atom stereocenters. The van der Waals surface area contributed by atoms with Crippen LogP contribution in [0.15, 0.2) is 39.5 Å². The molecule has 0 amide bonds. The van der Waals surface area contributed by atoms with Crippen molar-refractivity contribution in [3.63, 3.8) is 0 Å². The van der Waals surface area contributed by atoms with Crippen molar-refractivity contribution in [2.45, 2.75) is 39.2 Å². The Balaban J connectivity index is 1.63. The number of rotatable bonds is 2. The number of carbonyl (C=O) groups excluding carboxylic acids is 1. The van der Waals surface area contributed by atoms with Gasteiger partial charge >= 0.3 is 11.6 Å². The second-order valence-corrected chi connectivity index (χ2v) is 7.90. The second kappa shape index (κ2) is 7.20. The number of hydrogen-bond donors (Lipinski definition) is 0. The average molecular weight is 405 g/mol. The van der Waals surface area contributed by atoms with E-state index in [1.807, 2.05) is 30.0 Å². The van der Waals surface area contributed by atoms with Gasteiger partial charge in [0.25, 0.3) is 0 Å². The van der Waals surface area contributed by atoms with Crippen molar-refractivity contribution in [3.8, 4) is 5.75 Å². The number of carbonyl (C=O) groups is 1.